The van der Waals surface area contributed by atoms with E-state index in [0.29, 0.717) is 0 Å². The predicted octanol–water partition coefficient (Wildman–Crippen LogP) is 1.64. The van der Waals surface area contributed by atoms with Crippen LogP contribution >= 0.6 is 0 Å². The fraction of sp³-hybridized carbons (Fsp3) is 0.917. The second-order valence-corrected chi connectivity index (χ2v) is 6.24. The van der Waals surface area contributed by atoms with Crippen LogP contribution in [0.1, 0.15) is 47.0 Å². The van der Waals surface area contributed by atoms with Gasteiger partial charge in [-0.15, -0.1) is 0 Å². The van der Waals surface area contributed by atoms with Crippen LogP contribution in [-0.2, 0) is 9.53 Å². The molecule has 0 spiro atoms. The summed E-state index contributed by atoms with van der Waals surface area (Å²) in [6, 6.07) is 0. The molecule has 1 saturated carbocycles. The van der Waals surface area contributed by atoms with E-state index in [1.54, 1.807) is 0 Å². The summed E-state index contributed by atoms with van der Waals surface area (Å²) in [7, 11) is 0. The summed E-state index contributed by atoms with van der Waals surface area (Å²) in [6.45, 7) is 8.07. The molecule has 2 N–H and O–H groups in total. The molecule has 1 saturated heterocycles. The third kappa shape index (κ3) is 1.83. The van der Waals surface area contributed by atoms with Gasteiger partial charge in [0.1, 0.15) is 0 Å². The van der Waals surface area contributed by atoms with Gasteiger partial charge in [0.15, 0.2) is 5.78 Å². The number of carbonyl (C=O) groups is 1. The molecule has 86 valence electrons. The van der Waals surface area contributed by atoms with Crippen LogP contribution in [0.2, 0.25) is 0 Å². The van der Waals surface area contributed by atoms with Crippen LogP contribution in [0, 0.1) is 5.92 Å². The molecule has 2 fully saturated rings. The van der Waals surface area contributed by atoms with E-state index in [1.165, 1.54) is 0 Å². The Hall–Kier alpha value is -0.410. The molecule has 1 aliphatic carbocycles. The van der Waals surface area contributed by atoms with Crippen molar-refractivity contribution in [2.24, 2.45) is 11.7 Å². The van der Waals surface area contributed by atoms with Crippen molar-refractivity contribution in [3.05, 3.63) is 0 Å². The van der Waals surface area contributed by atoms with Crippen LogP contribution in [0.3, 0.4) is 0 Å². The topological polar surface area (TPSA) is 52.3 Å². The standard InChI is InChI=1S/C12H21NO2/c1-10(2)7-8(11(3,4)15-10)9(14)12(13)5-6-12/h8H,5-7,13H2,1-4H3. The van der Waals surface area contributed by atoms with E-state index in [1.807, 2.05) is 27.7 Å². The molecule has 1 unspecified atom stereocenters. The number of hydrogen-bond acceptors (Lipinski definition) is 3. The summed E-state index contributed by atoms with van der Waals surface area (Å²) in [5.41, 5.74) is 4.89. The molecule has 0 amide bonds. The Balaban J connectivity index is 2.19. The molecule has 1 heterocycles. The van der Waals surface area contributed by atoms with Crippen LogP contribution in [-0.4, -0.2) is 22.5 Å². The van der Waals surface area contributed by atoms with Crippen molar-refractivity contribution in [2.75, 3.05) is 0 Å². The first-order valence-electron chi connectivity index (χ1n) is 5.70. The molecule has 2 aliphatic rings. The van der Waals surface area contributed by atoms with Crippen LogP contribution in [0.25, 0.3) is 0 Å². The highest BCUT2D eigenvalue weighted by Gasteiger charge is 2.56. The minimum absolute atomic E-state index is 0.0417. The van der Waals surface area contributed by atoms with Gasteiger partial charge in [0.05, 0.1) is 22.7 Å². The number of Topliss-reactive ketones (excluding diaryl/α,β-unsaturated/α-hetero) is 1. The highest BCUT2D eigenvalue weighted by atomic mass is 16.5. The monoisotopic (exact) mass is 211 g/mol. The Morgan fingerprint density at radius 3 is 2.13 bits per heavy atom. The molecular formula is C12H21NO2. The maximum atomic E-state index is 12.2. The first-order valence-corrected chi connectivity index (χ1v) is 5.70. The zero-order chi connectivity index (χ0) is 11.5. The Bertz CT molecular complexity index is 303. The lowest BCUT2D eigenvalue weighted by Gasteiger charge is -2.27. The Labute approximate surface area is 91.4 Å². The fourth-order valence-electron chi connectivity index (χ4n) is 2.70. The number of rotatable bonds is 2. The van der Waals surface area contributed by atoms with Crippen LogP contribution in [0.4, 0.5) is 0 Å². The number of carbonyl (C=O) groups excluding carboxylic acids is 1. The first kappa shape index (κ1) is 11.1. The molecule has 0 aromatic carbocycles. The molecule has 1 aliphatic heterocycles. The molecule has 0 radical (unpaired) electrons. The normalized spacial score (nSPS) is 35.1. The van der Waals surface area contributed by atoms with E-state index in [0.717, 1.165) is 19.3 Å². The molecular weight excluding hydrogens is 190 g/mol. The molecule has 0 aromatic rings. The van der Waals surface area contributed by atoms with E-state index in [9.17, 15) is 4.79 Å². The molecule has 0 bridgehead atoms. The van der Waals surface area contributed by atoms with E-state index in [2.05, 4.69) is 0 Å². The van der Waals surface area contributed by atoms with Crippen molar-refractivity contribution >= 4 is 5.78 Å². The molecule has 1 atom stereocenters. The van der Waals surface area contributed by atoms with E-state index >= 15 is 0 Å². The van der Waals surface area contributed by atoms with Crippen molar-refractivity contribution < 1.29 is 9.53 Å². The van der Waals surface area contributed by atoms with Crippen molar-refractivity contribution in [2.45, 2.75) is 63.7 Å². The van der Waals surface area contributed by atoms with Gasteiger partial charge in [-0.2, -0.15) is 0 Å². The van der Waals surface area contributed by atoms with E-state index in [-0.39, 0.29) is 22.9 Å². The van der Waals surface area contributed by atoms with Gasteiger partial charge in [-0.1, -0.05) is 0 Å². The molecule has 2 rings (SSSR count). The maximum Gasteiger partial charge on any atom is 0.158 e. The zero-order valence-corrected chi connectivity index (χ0v) is 10.1. The molecule has 3 nitrogen and oxygen atoms in total. The zero-order valence-electron chi connectivity index (χ0n) is 10.1. The maximum absolute atomic E-state index is 12.2. The largest absolute Gasteiger partial charge is 0.369 e. The number of ether oxygens (including phenoxy) is 1. The van der Waals surface area contributed by atoms with Crippen LogP contribution < -0.4 is 5.73 Å². The summed E-state index contributed by atoms with van der Waals surface area (Å²) in [6.07, 6.45) is 2.48. The lowest BCUT2D eigenvalue weighted by molar-refractivity contribution is -0.131. The second-order valence-electron chi connectivity index (χ2n) is 6.24. The van der Waals surface area contributed by atoms with Gasteiger partial charge in [-0.25, -0.2) is 0 Å². The van der Waals surface area contributed by atoms with Gasteiger partial charge in [0.25, 0.3) is 0 Å². The summed E-state index contributed by atoms with van der Waals surface area (Å²) in [5, 5.41) is 0. The average molecular weight is 211 g/mol. The summed E-state index contributed by atoms with van der Waals surface area (Å²) in [5.74, 6) is 0.165. The fourth-order valence-corrected chi connectivity index (χ4v) is 2.70. The van der Waals surface area contributed by atoms with E-state index in [4.69, 9.17) is 10.5 Å². The van der Waals surface area contributed by atoms with Crippen molar-refractivity contribution in [3.8, 4) is 0 Å². The Morgan fingerprint density at radius 2 is 1.80 bits per heavy atom. The van der Waals surface area contributed by atoms with E-state index < -0.39 is 5.54 Å². The smallest absolute Gasteiger partial charge is 0.158 e. The summed E-state index contributed by atoms with van der Waals surface area (Å²) >= 11 is 0. The Kier molecular flexibility index (Phi) is 2.09. The van der Waals surface area contributed by atoms with Crippen LogP contribution in [0.15, 0.2) is 0 Å². The highest BCUT2D eigenvalue weighted by Crippen LogP contribution is 2.47. The van der Waals surface area contributed by atoms with Crippen molar-refractivity contribution in [1.29, 1.82) is 0 Å². The molecule has 3 heteroatoms. The summed E-state index contributed by atoms with van der Waals surface area (Å²) in [4.78, 5) is 12.2. The van der Waals surface area contributed by atoms with Crippen molar-refractivity contribution in [1.82, 2.24) is 0 Å². The van der Waals surface area contributed by atoms with Gasteiger partial charge in [-0.3, -0.25) is 4.79 Å². The summed E-state index contributed by atoms with van der Waals surface area (Å²) < 4.78 is 5.92. The van der Waals surface area contributed by atoms with Gasteiger partial charge < -0.3 is 10.5 Å². The van der Waals surface area contributed by atoms with Gasteiger partial charge >= 0.3 is 0 Å². The predicted molar refractivity (Wildman–Crippen MR) is 58.5 cm³/mol. The average Bonchev–Trinajstić information content (AvgIpc) is 2.72. The Morgan fingerprint density at radius 1 is 1.27 bits per heavy atom. The third-order valence-corrected chi connectivity index (χ3v) is 3.67. The number of nitrogens with two attached hydrogens (primary N) is 1. The minimum atomic E-state index is -0.522. The SMILES string of the molecule is CC1(C)CC(C(=O)C2(N)CC2)C(C)(C)O1. The first-order chi connectivity index (χ1) is 6.66. The van der Waals surface area contributed by atoms with Gasteiger partial charge in [0.2, 0.25) is 0 Å². The molecule has 15 heavy (non-hydrogen) atoms. The quantitative estimate of drug-likeness (QED) is 0.755. The number of ketones is 1. The van der Waals surface area contributed by atoms with Crippen molar-refractivity contribution in [3.63, 3.8) is 0 Å². The third-order valence-electron chi connectivity index (χ3n) is 3.67. The lowest BCUT2D eigenvalue weighted by atomic mass is 9.81. The number of hydrogen-bond donors (Lipinski definition) is 1. The highest BCUT2D eigenvalue weighted by molar-refractivity contribution is 5.94. The minimum Gasteiger partial charge on any atom is -0.369 e. The van der Waals surface area contributed by atoms with Gasteiger partial charge in [-0.05, 0) is 47.0 Å². The lowest BCUT2D eigenvalue weighted by Crippen LogP contribution is -2.44. The molecule has 0 aromatic heterocycles. The van der Waals surface area contributed by atoms with Crippen LogP contribution in [0.5, 0.6) is 0 Å². The second kappa shape index (κ2) is 2.83. The van der Waals surface area contributed by atoms with Gasteiger partial charge in [0, 0.05) is 0 Å².